The first-order chi connectivity index (χ1) is 9.02. The van der Waals surface area contributed by atoms with Gasteiger partial charge in [0.15, 0.2) is 0 Å². The van der Waals surface area contributed by atoms with Crippen molar-refractivity contribution in [2.75, 3.05) is 0 Å². The molecule has 0 aliphatic rings. The van der Waals surface area contributed by atoms with Crippen LogP contribution in [0.4, 0.5) is 4.39 Å². The molecule has 0 amide bonds. The third-order valence-electron chi connectivity index (χ3n) is 3.25. The van der Waals surface area contributed by atoms with E-state index in [0.717, 1.165) is 22.4 Å². The molecule has 2 rings (SSSR count). The Labute approximate surface area is 121 Å². The van der Waals surface area contributed by atoms with Crippen LogP contribution >= 0.6 is 15.9 Å². The lowest BCUT2D eigenvalue weighted by atomic mass is 10.1. The van der Waals surface area contributed by atoms with Gasteiger partial charge in [0.25, 0.3) is 0 Å². The standard InChI is InChI=1S/C16H16BrFO/c1-10-4-5-11(2)16(12(10)3)19-15-7-6-14(18)8-13(15)9-17/h4-8H,9H2,1-3H3. The van der Waals surface area contributed by atoms with Gasteiger partial charge in [-0.15, -0.1) is 0 Å². The molecule has 0 saturated carbocycles. The summed E-state index contributed by atoms with van der Waals surface area (Å²) in [5.41, 5.74) is 4.18. The molecule has 0 aromatic heterocycles. The van der Waals surface area contributed by atoms with Crippen LogP contribution in [0, 0.1) is 26.6 Å². The van der Waals surface area contributed by atoms with Crippen LogP contribution in [0.25, 0.3) is 0 Å². The summed E-state index contributed by atoms with van der Waals surface area (Å²) in [6.45, 7) is 6.10. The zero-order valence-corrected chi connectivity index (χ0v) is 12.8. The zero-order chi connectivity index (χ0) is 14.0. The Kier molecular flexibility index (Phi) is 4.25. The Morgan fingerprint density at radius 3 is 2.42 bits per heavy atom. The molecule has 1 nitrogen and oxygen atoms in total. The highest BCUT2D eigenvalue weighted by molar-refractivity contribution is 9.08. The van der Waals surface area contributed by atoms with Crippen molar-refractivity contribution in [1.82, 2.24) is 0 Å². The lowest BCUT2D eigenvalue weighted by Crippen LogP contribution is -1.96. The molecule has 0 aliphatic carbocycles. The molecule has 0 N–H and O–H groups in total. The number of aryl methyl sites for hydroxylation is 2. The van der Waals surface area contributed by atoms with Crippen LogP contribution in [-0.4, -0.2) is 0 Å². The van der Waals surface area contributed by atoms with Crippen LogP contribution in [-0.2, 0) is 5.33 Å². The first kappa shape index (κ1) is 14.1. The van der Waals surface area contributed by atoms with E-state index in [1.54, 1.807) is 6.07 Å². The van der Waals surface area contributed by atoms with Crippen molar-refractivity contribution < 1.29 is 9.13 Å². The van der Waals surface area contributed by atoms with Crippen molar-refractivity contribution >= 4 is 15.9 Å². The Bertz CT molecular complexity index is 608. The molecule has 2 aromatic rings. The maximum atomic E-state index is 13.2. The number of benzene rings is 2. The molecule has 0 radical (unpaired) electrons. The topological polar surface area (TPSA) is 9.23 Å². The van der Waals surface area contributed by atoms with E-state index in [0.29, 0.717) is 11.1 Å². The van der Waals surface area contributed by atoms with E-state index < -0.39 is 0 Å². The van der Waals surface area contributed by atoms with E-state index >= 15 is 0 Å². The van der Waals surface area contributed by atoms with E-state index in [2.05, 4.69) is 28.9 Å². The minimum atomic E-state index is -0.250. The van der Waals surface area contributed by atoms with Crippen molar-refractivity contribution in [2.45, 2.75) is 26.1 Å². The fourth-order valence-corrected chi connectivity index (χ4v) is 2.38. The molecule has 0 fully saturated rings. The molecule has 3 heteroatoms. The minimum absolute atomic E-state index is 0.250. The predicted octanol–water partition coefficient (Wildman–Crippen LogP) is 5.44. The number of rotatable bonds is 3. The second-order valence-electron chi connectivity index (χ2n) is 4.64. The van der Waals surface area contributed by atoms with E-state index in [9.17, 15) is 4.39 Å². The highest BCUT2D eigenvalue weighted by Crippen LogP contribution is 2.33. The Morgan fingerprint density at radius 2 is 1.74 bits per heavy atom. The minimum Gasteiger partial charge on any atom is -0.456 e. The van der Waals surface area contributed by atoms with Crippen molar-refractivity contribution in [1.29, 1.82) is 0 Å². The van der Waals surface area contributed by atoms with Gasteiger partial charge < -0.3 is 4.74 Å². The van der Waals surface area contributed by atoms with Crippen molar-refractivity contribution in [3.05, 3.63) is 58.4 Å². The van der Waals surface area contributed by atoms with Gasteiger partial charge in [-0.3, -0.25) is 0 Å². The normalized spacial score (nSPS) is 10.6. The van der Waals surface area contributed by atoms with Crippen LogP contribution in [0.3, 0.4) is 0 Å². The maximum Gasteiger partial charge on any atom is 0.133 e. The third kappa shape index (κ3) is 2.98. The van der Waals surface area contributed by atoms with E-state index in [-0.39, 0.29) is 5.82 Å². The van der Waals surface area contributed by atoms with Crippen LogP contribution < -0.4 is 4.74 Å². The third-order valence-corrected chi connectivity index (χ3v) is 3.86. The molecule has 2 aromatic carbocycles. The van der Waals surface area contributed by atoms with Gasteiger partial charge in [-0.25, -0.2) is 4.39 Å². The van der Waals surface area contributed by atoms with Gasteiger partial charge in [0, 0.05) is 10.9 Å². The van der Waals surface area contributed by atoms with Gasteiger partial charge in [-0.1, -0.05) is 28.1 Å². The fraction of sp³-hybridized carbons (Fsp3) is 0.250. The lowest BCUT2D eigenvalue weighted by Gasteiger charge is -2.15. The van der Waals surface area contributed by atoms with Crippen LogP contribution in [0.1, 0.15) is 22.3 Å². The number of ether oxygens (including phenoxy) is 1. The molecule has 0 heterocycles. The molecular formula is C16H16BrFO. The number of hydrogen-bond donors (Lipinski definition) is 0. The second-order valence-corrected chi connectivity index (χ2v) is 5.20. The number of halogens is 2. The first-order valence-electron chi connectivity index (χ1n) is 6.12. The Morgan fingerprint density at radius 1 is 1.05 bits per heavy atom. The highest BCUT2D eigenvalue weighted by Gasteiger charge is 2.11. The molecule has 0 aliphatic heterocycles. The highest BCUT2D eigenvalue weighted by atomic mass is 79.9. The fourth-order valence-electron chi connectivity index (χ4n) is 1.94. The summed E-state index contributed by atoms with van der Waals surface area (Å²) in [6.07, 6.45) is 0. The van der Waals surface area contributed by atoms with E-state index in [1.165, 1.54) is 17.7 Å². The molecule has 0 spiro atoms. The summed E-state index contributed by atoms with van der Waals surface area (Å²) in [4.78, 5) is 0. The Balaban J connectivity index is 2.44. The molecule has 0 saturated heterocycles. The summed E-state index contributed by atoms with van der Waals surface area (Å²) >= 11 is 3.36. The van der Waals surface area contributed by atoms with Gasteiger partial charge in [-0.05, 0) is 55.7 Å². The van der Waals surface area contributed by atoms with Crippen LogP contribution in [0.2, 0.25) is 0 Å². The van der Waals surface area contributed by atoms with E-state index in [4.69, 9.17) is 4.74 Å². The van der Waals surface area contributed by atoms with Gasteiger partial charge in [-0.2, -0.15) is 0 Å². The molecule has 0 bridgehead atoms. The largest absolute Gasteiger partial charge is 0.456 e. The van der Waals surface area contributed by atoms with Crippen molar-refractivity contribution in [2.24, 2.45) is 0 Å². The van der Waals surface area contributed by atoms with Gasteiger partial charge in [0.1, 0.15) is 17.3 Å². The van der Waals surface area contributed by atoms with E-state index in [1.807, 2.05) is 19.9 Å². The monoisotopic (exact) mass is 322 g/mol. The smallest absolute Gasteiger partial charge is 0.133 e. The Hall–Kier alpha value is -1.35. The SMILES string of the molecule is Cc1ccc(C)c(Oc2ccc(F)cc2CBr)c1C. The first-order valence-corrected chi connectivity index (χ1v) is 7.24. The molecule has 0 unspecified atom stereocenters. The average molecular weight is 323 g/mol. The summed E-state index contributed by atoms with van der Waals surface area (Å²) in [7, 11) is 0. The molecular weight excluding hydrogens is 307 g/mol. The van der Waals surface area contributed by atoms with Crippen molar-refractivity contribution in [3.63, 3.8) is 0 Å². The average Bonchev–Trinajstić information content (AvgIpc) is 2.40. The van der Waals surface area contributed by atoms with Gasteiger partial charge in [0.05, 0.1) is 0 Å². The number of alkyl halides is 1. The molecule has 100 valence electrons. The summed E-state index contributed by atoms with van der Waals surface area (Å²) in [6, 6.07) is 8.70. The molecule has 19 heavy (non-hydrogen) atoms. The van der Waals surface area contributed by atoms with Crippen LogP contribution in [0.5, 0.6) is 11.5 Å². The maximum absolute atomic E-state index is 13.2. The lowest BCUT2D eigenvalue weighted by molar-refractivity contribution is 0.468. The zero-order valence-electron chi connectivity index (χ0n) is 11.3. The number of hydrogen-bond acceptors (Lipinski definition) is 1. The predicted molar refractivity (Wildman–Crippen MR) is 79.8 cm³/mol. The van der Waals surface area contributed by atoms with Crippen molar-refractivity contribution in [3.8, 4) is 11.5 Å². The van der Waals surface area contributed by atoms with Gasteiger partial charge in [0.2, 0.25) is 0 Å². The van der Waals surface area contributed by atoms with Crippen LogP contribution in [0.15, 0.2) is 30.3 Å². The summed E-state index contributed by atoms with van der Waals surface area (Å²) in [5.74, 6) is 1.29. The second kappa shape index (κ2) is 5.74. The quantitative estimate of drug-likeness (QED) is 0.684. The summed E-state index contributed by atoms with van der Waals surface area (Å²) < 4.78 is 19.2. The van der Waals surface area contributed by atoms with Gasteiger partial charge >= 0.3 is 0 Å². The molecule has 0 atom stereocenters. The summed E-state index contributed by atoms with van der Waals surface area (Å²) in [5, 5.41) is 0.560.